The van der Waals surface area contributed by atoms with Gasteiger partial charge in [0.05, 0.1) is 19.9 Å². The summed E-state index contributed by atoms with van der Waals surface area (Å²) in [6.07, 6.45) is 3.46. The SMILES string of the molecule is CNC(C(=O)Nc1ccc(OC)c(OCCOC)c1)c1cnn(C)c1. The van der Waals surface area contributed by atoms with Crippen molar-refractivity contribution >= 4 is 11.6 Å². The van der Waals surface area contributed by atoms with Gasteiger partial charge in [-0.3, -0.25) is 9.48 Å². The lowest BCUT2D eigenvalue weighted by Gasteiger charge is -2.16. The van der Waals surface area contributed by atoms with Gasteiger partial charge in [-0.2, -0.15) is 5.10 Å². The Balaban J connectivity index is 2.12. The number of likely N-dealkylation sites (N-methyl/N-ethyl adjacent to an activating group) is 1. The summed E-state index contributed by atoms with van der Waals surface area (Å²) in [5.41, 5.74) is 1.40. The number of carbonyl (C=O) groups is 1. The van der Waals surface area contributed by atoms with Crippen LogP contribution >= 0.6 is 0 Å². The maximum atomic E-state index is 12.6. The van der Waals surface area contributed by atoms with Crippen LogP contribution < -0.4 is 20.1 Å². The summed E-state index contributed by atoms with van der Waals surface area (Å²) in [5.74, 6) is 0.940. The van der Waals surface area contributed by atoms with E-state index in [2.05, 4.69) is 15.7 Å². The summed E-state index contributed by atoms with van der Waals surface area (Å²) >= 11 is 0. The van der Waals surface area contributed by atoms with Crippen molar-refractivity contribution in [1.82, 2.24) is 15.1 Å². The molecular weight excluding hydrogens is 324 g/mol. The Labute approximate surface area is 147 Å². The minimum Gasteiger partial charge on any atom is -0.493 e. The van der Waals surface area contributed by atoms with E-state index in [0.717, 1.165) is 5.56 Å². The lowest BCUT2D eigenvalue weighted by Crippen LogP contribution is -2.30. The standard InChI is InChI=1S/C17H24N4O4/c1-18-16(12-10-19-21(2)11-12)17(22)20-13-5-6-14(24-4)15(9-13)25-8-7-23-3/h5-6,9-11,16,18H,7-8H2,1-4H3,(H,20,22). The zero-order valence-electron chi connectivity index (χ0n) is 14.9. The molecule has 0 aliphatic rings. The normalized spacial score (nSPS) is 11.8. The molecule has 0 saturated heterocycles. The number of anilines is 1. The molecule has 1 heterocycles. The van der Waals surface area contributed by atoms with Crippen LogP contribution in [0.5, 0.6) is 11.5 Å². The Morgan fingerprint density at radius 1 is 1.28 bits per heavy atom. The maximum absolute atomic E-state index is 12.6. The molecule has 0 aliphatic carbocycles. The number of aryl methyl sites for hydroxylation is 1. The van der Waals surface area contributed by atoms with Gasteiger partial charge in [0, 0.05) is 37.7 Å². The highest BCUT2D eigenvalue weighted by Gasteiger charge is 2.20. The minimum atomic E-state index is -0.506. The van der Waals surface area contributed by atoms with Gasteiger partial charge in [0.2, 0.25) is 5.91 Å². The first kappa shape index (κ1) is 18.8. The molecule has 0 aliphatic heterocycles. The lowest BCUT2D eigenvalue weighted by atomic mass is 10.1. The molecule has 8 heteroatoms. The van der Waals surface area contributed by atoms with Crippen molar-refractivity contribution in [3.63, 3.8) is 0 Å². The fourth-order valence-corrected chi connectivity index (χ4v) is 2.35. The van der Waals surface area contributed by atoms with Crippen LogP contribution in [0.1, 0.15) is 11.6 Å². The van der Waals surface area contributed by atoms with Crippen molar-refractivity contribution in [3.05, 3.63) is 36.2 Å². The van der Waals surface area contributed by atoms with Crippen LogP contribution in [-0.2, 0) is 16.6 Å². The average molecular weight is 348 g/mol. The number of benzene rings is 1. The molecule has 2 rings (SSSR count). The first-order valence-corrected chi connectivity index (χ1v) is 7.85. The first-order chi connectivity index (χ1) is 12.1. The first-order valence-electron chi connectivity index (χ1n) is 7.85. The van der Waals surface area contributed by atoms with Crippen molar-refractivity contribution in [1.29, 1.82) is 0 Å². The molecule has 1 aromatic carbocycles. The van der Waals surface area contributed by atoms with Gasteiger partial charge in [-0.15, -0.1) is 0 Å². The number of aromatic nitrogens is 2. The molecule has 136 valence electrons. The summed E-state index contributed by atoms with van der Waals surface area (Å²) in [4.78, 5) is 12.6. The zero-order chi connectivity index (χ0) is 18.2. The number of rotatable bonds is 9. The molecular formula is C17H24N4O4. The molecule has 8 nitrogen and oxygen atoms in total. The van der Waals surface area contributed by atoms with E-state index in [9.17, 15) is 4.79 Å². The largest absolute Gasteiger partial charge is 0.493 e. The van der Waals surface area contributed by atoms with E-state index in [1.807, 2.05) is 0 Å². The van der Waals surface area contributed by atoms with Gasteiger partial charge >= 0.3 is 0 Å². The van der Waals surface area contributed by atoms with Crippen LogP contribution in [0.15, 0.2) is 30.6 Å². The maximum Gasteiger partial charge on any atom is 0.246 e. The number of nitrogens with one attached hydrogen (secondary N) is 2. The quantitative estimate of drug-likeness (QED) is 0.666. The van der Waals surface area contributed by atoms with Gasteiger partial charge < -0.3 is 24.8 Å². The van der Waals surface area contributed by atoms with Crippen molar-refractivity contribution in [2.45, 2.75) is 6.04 Å². The third kappa shape index (κ3) is 4.94. The van der Waals surface area contributed by atoms with Crippen molar-refractivity contribution < 1.29 is 19.0 Å². The summed E-state index contributed by atoms with van der Waals surface area (Å²) in [5, 5.41) is 9.97. The number of hydrogen-bond acceptors (Lipinski definition) is 6. The Kier molecular flexibility index (Phi) is 6.79. The third-order valence-corrected chi connectivity index (χ3v) is 3.59. The molecule has 0 spiro atoms. The average Bonchev–Trinajstić information content (AvgIpc) is 3.02. The van der Waals surface area contributed by atoms with Gasteiger partial charge in [-0.1, -0.05) is 0 Å². The summed E-state index contributed by atoms with van der Waals surface area (Å²) in [6, 6.07) is 4.72. The van der Waals surface area contributed by atoms with Crippen LogP contribution in [0.25, 0.3) is 0 Å². The summed E-state index contributed by atoms with van der Waals surface area (Å²) in [7, 11) is 6.70. The fraction of sp³-hybridized carbons (Fsp3) is 0.412. The molecule has 1 aromatic heterocycles. The van der Waals surface area contributed by atoms with Gasteiger partial charge in [0.25, 0.3) is 0 Å². The molecule has 2 N–H and O–H groups in total. The summed E-state index contributed by atoms with van der Waals surface area (Å²) in [6.45, 7) is 0.849. The third-order valence-electron chi connectivity index (χ3n) is 3.59. The highest BCUT2D eigenvalue weighted by atomic mass is 16.5. The topological polar surface area (TPSA) is 86.6 Å². The molecule has 0 saturated carbocycles. The van der Waals surface area contributed by atoms with Crippen LogP contribution in [0.2, 0.25) is 0 Å². The smallest absolute Gasteiger partial charge is 0.246 e. The molecule has 0 fully saturated rings. The second kappa shape index (κ2) is 9.05. The van der Waals surface area contributed by atoms with Gasteiger partial charge in [0.1, 0.15) is 12.6 Å². The predicted molar refractivity (Wildman–Crippen MR) is 94.0 cm³/mol. The Hall–Kier alpha value is -2.58. The van der Waals surface area contributed by atoms with E-state index in [-0.39, 0.29) is 5.91 Å². The number of nitrogens with zero attached hydrogens (tertiary/aromatic N) is 2. The van der Waals surface area contributed by atoms with Crippen LogP contribution in [0.4, 0.5) is 5.69 Å². The highest BCUT2D eigenvalue weighted by Crippen LogP contribution is 2.30. The number of carbonyl (C=O) groups excluding carboxylic acids is 1. The van der Waals surface area contributed by atoms with E-state index in [0.29, 0.717) is 30.4 Å². The number of hydrogen-bond donors (Lipinski definition) is 2. The van der Waals surface area contributed by atoms with Crippen LogP contribution in [0.3, 0.4) is 0 Å². The Morgan fingerprint density at radius 2 is 2.08 bits per heavy atom. The van der Waals surface area contributed by atoms with Crippen molar-refractivity contribution in [3.8, 4) is 11.5 Å². The summed E-state index contributed by atoms with van der Waals surface area (Å²) < 4.78 is 17.5. The van der Waals surface area contributed by atoms with E-state index < -0.39 is 6.04 Å². The Bertz CT molecular complexity index is 702. The monoisotopic (exact) mass is 348 g/mol. The van der Waals surface area contributed by atoms with Crippen LogP contribution in [0, 0.1) is 0 Å². The lowest BCUT2D eigenvalue weighted by molar-refractivity contribution is -0.118. The zero-order valence-corrected chi connectivity index (χ0v) is 14.9. The van der Waals surface area contributed by atoms with Gasteiger partial charge in [-0.25, -0.2) is 0 Å². The minimum absolute atomic E-state index is 0.191. The van der Waals surface area contributed by atoms with Gasteiger partial charge in [0.15, 0.2) is 11.5 Å². The molecule has 1 atom stereocenters. The highest BCUT2D eigenvalue weighted by molar-refractivity contribution is 5.95. The van der Waals surface area contributed by atoms with Crippen molar-refractivity contribution in [2.24, 2.45) is 7.05 Å². The molecule has 0 radical (unpaired) electrons. The van der Waals surface area contributed by atoms with E-state index in [4.69, 9.17) is 14.2 Å². The number of methoxy groups -OCH3 is 2. The second-order valence-corrected chi connectivity index (χ2v) is 5.37. The van der Waals surface area contributed by atoms with E-state index >= 15 is 0 Å². The fourth-order valence-electron chi connectivity index (χ4n) is 2.35. The molecule has 0 bridgehead atoms. The predicted octanol–water partition coefficient (Wildman–Crippen LogP) is 1.35. The number of ether oxygens (including phenoxy) is 3. The Morgan fingerprint density at radius 3 is 2.68 bits per heavy atom. The second-order valence-electron chi connectivity index (χ2n) is 5.37. The van der Waals surface area contributed by atoms with E-state index in [1.165, 1.54) is 0 Å². The molecule has 2 aromatic rings. The van der Waals surface area contributed by atoms with Crippen LogP contribution in [-0.4, -0.2) is 50.2 Å². The van der Waals surface area contributed by atoms with Gasteiger partial charge in [-0.05, 0) is 19.2 Å². The molecule has 25 heavy (non-hydrogen) atoms. The van der Waals surface area contributed by atoms with E-state index in [1.54, 1.807) is 63.6 Å². The van der Waals surface area contributed by atoms with Crippen molar-refractivity contribution in [2.75, 3.05) is 39.8 Å². The number of amides is 1. The molecule has 1 unspecified atom stereocenters. The molecule has 1 amide bonds.